The Kier molecular flexibility index (Phi) is 8.86. The minimum atomic E-state index is 0. The van der Waals surface area contributed by atoms with Crippen molar-refractivity contribution in [2.45, 2.75) is 51.5 Å². The van der Waals surface area contributed by atoms with Gasteiger partial charge in [0, 0.05) is 25.7 Å². The second-order valence-electron chi connectivity index (χ2n) is 7.43. The molecule has 0 bridgehead atoms. The molecule has 1 aliphatic carbocycles. The Morgan fingerprint density at radius 3 is 2.56 bits per heavy atom. The summed E-state index contributed by atoms with van der Waals surface area (Å²) in [5.41, 5.74) is 1.45. The molecule has 1 amide bonds. The van der Waals surface area contributed by atoms with Gasteiger partial charge in [0.1, 0.15) is 6.54 Å². The smallest absolute Gasteiger partial charge is 0.242 e. The molecule has 6 heteroatoms. The maximum Gasteiger partial charge on any atom is 0.242 e. The highest BCUT2D eigenvalue weighted by Crippen LogP contribution is 2.34. The number of amides is 1. The fraction of sp³-hybridized carbons (Fsp3) is 0.619. The van der Waals surface area contributed by atoms with Crippen LogP contribution in [0.25, 0.3) is 0 Å². The fourth-order valence-electron chi connectivity index (χ4n) is 3.85. The van der Waals surface area contributed by atoms with E-state index in [0.29, 0.717) is 17.9 Å². The van der Waals surface area contributed by atoms with Gasteiger partial charge in [-0.1, -0.05) is 43.7 Å². The van der Waals surface area contributed by atoms with E-state index in [9.17, 15) is 4.79 Å². The molecule has 27 heavy (non-hydrogen) atoms. The van der Waals surface area contributed by atoms with Crippen LogP contribution < -0.4 is 10.6 Å². The average molecular weight is 484 g/mol. The zero-order valence-electron chi connectivity index (χ0n) is 16.5. The van der Waals surface area contributed by atoms with Crippen LogP contribution in [-0.4, -0.2) is 49.0 Å². The second kappa shape index (κ2) is 10.9. The van der Waals surface area contributed by atoms with E-state index in [-0.39, 0.29) is 36.4 Å². The Morgan fingerprint density at radius 1 is 1.19 bits per heavy atom. The van der Waals surface area contributed by atoms with Gasteiger partial charge in [-0.2, -0.15) is 0 Å². The van der Waals surface area contributed by atoms with E-state index in [4.69, 9.17) is 0 Å². The molecule has 0 aromatic heterocycles. The largest absolute Gasteiger partial charge is 0.357 e. The summed E-state index contributed by atoms with van der Waals surface area (Å²) in [6.07, 6.45) is 4.50. The van der Waals surface area contributed by atoms with E-state index in [0.717, 1.165) is 51.3 Å². The van der Waals surface area contributed by atoms with E-state index in [2.05, 4.69) is 64.7 Å². The first-order valence-corrected chi connectivity index (χ1v) is 10.1. The molecule has 2 fully saturated rings. The molecular weight excluding hydrogens is 451 g/mol. The number of guanidine groups is 1. The van der Waals surface area contributed by atoms with Crippen molar-refractivity contribution in [2.75, 3.05) is 26.2 Å². The van der Waals surface area contributed by atoms with Crippen LogP contribution >= 0.6 is 24.0 Å². The highest BCUT2D eigenvalue weighted by Gasteiger charge is 2.30. The topological polar surface area (TPSA) is 56.7 Å². The van der Waals surface area contributed by atoms with Crippen molar-refractivity contribution in [1.82, 2.24) is 15.5 Å². The zero-order valence-corrected chi connectivity index (χ0v) is 18.8. The highest BCUT2D eigenvalue weighted by molar-refractivity contribution is 14.0. The molecule has 1 aliphatic heterocycles. The Hall–Kier alpha value is -1.31. The summed E-state index contributed by atoms with van der Waals surface area (Å²) >= 11 is 0. The monoisotopic (exact) mass is 484 g/mol. The van der Waals surface area contributed by atoms with Crippen LogP contribution in [0.2, 0.25) is 0 Å². The number of rotatable bonds is 6. The summed E-state index contributed by atoms with van der Waals surface area (Å²) in [6.45, 7) is 7.36. The van der Waals surface area contributed by atoms with Crippen molar-refractivity contribution in [2.24, 2.45) is 10.9 Å². The number of carbonyl (C=O) groups excluding carboxylic acids is 1. The third kappa shape index (κ3) is 6.36. The lowest BCUT2D eigenvalue weighted by Gasteiger charge is -2.40. The molecule has 2 aliphatic rings. The van der Waals surface area contributed by atoms with Gasteiger partial charge in [-0.05, 0) is 43.6 Å². The van der Waals surface area contributed by atoms with Gasteiger partial charge in [0.2, 0.25) is 5.91 Å². The first-order chi connectivity index (χ1) is 12.7. The summed E-state index contributed by atoms with van der Waals surface area (Å²) < 4.78 is 0. The number of nitrogens with zero attached hydrogens (tertiary/aromatic N) is 2. The van der Waals surface area contributed by atoms with E-state index in [1.54, 1.807) is 0 Å². The van der Waals surface area contributed by atoms with Crippen LogP contribution in [0.1, 0.15) is 51.0 Å². The molecule has 1 saturated heterocycles. The van der Waals surface area contributed by atoms with Gasteiger partial charge in [-0.25, -0.2) is 4.99 Å². The number of benzene rings is 1. The number of nitrogens with one attached hydrogen (secondary N) is 2. The summed E-state index contributed by atoms with van der Waals surface area (Å²) in [6, 6.07) is 11.3. The van der Waals surface area contributed by atoms with Crippen molar-refractivity contribution in [3.8, 4) is 0 Å². The van der Waals surface area contributed by atoms with Crippen molar-refractivity contribution in [3.63, 3.8) is 0 Å². The molecule has 3 rings (SSSR count). The molecule has 5 nitrogen and oxygen atoms in total. The van der Waals surface area contributed by atoms with Crippen molar-refractivity contribution in [1.29, 1.82) is 0 Å². The first kappa shape index (κ1) is 22.0. The molecule has 0 spiro atoms. The molecule has 1 aromatic rings. The van der Waals surface area contributed by atoms with Gasteiger partial charge < -0.3 is 15.5 Å². The number of hydrogen-bond donors (Lipinski definition) is 2. The summed E-state index contributed by atoms with van der Waals surface area (Å²) in [5.74, 6) is 2.13. The van der Waals surface area contributed by atoms with Crippen molar-refractivity contribution >= 4 is 35.8 Å². The van der Waals surface area contributed by atoms with E-state index in [1.807, 2.05) is 0 Å². The minimum Gasteiger partial charge on any atom is -0.357 e. The number of aliphatic imine (C=N–C) groups is 1. The predicted molar refractivity (Wildman–Crippen MR) is 122 cm³/mol. The Balaban J connectivity index is 0.00000261. The summed E-state index contributed by atoms with van der Waals surface area (Å²) in [7, 11) is 0. The SMILES string of the molecule is CCNC(=NCC(=O)NC1CC1)N1CCC(c2ccccc2)C(CC)C1.I. The average Bonchev–Trinajstić information content (AvgIpc) is 3.49. The number of carbonyl (C=O) groups is 1. The molecule has 0 radical (unpaired) electrons. The number of halogens is 1. The van der Waals surface area contributed by atoms with Crippen LogP contribution in [0, 0.1) is 5.92 Å². The lowest BCUT2D eigenvalue weighted by Crippen LogP contribution is -2.48. The maximum absolute atomic E-state index is 12.0. The summed E-state index contributed by atoms with van der Waals surface area (Å²) in [5, 5.41) is 6.38. The van der Waals surface area contributed by atoms with Crippen molar-refractivity contribution < 1.29 is 4.79 Å². The number of hydrogen-bond acceptors (Lipinski definition) is 2. The van der Waals surface area contributed by atoms with E-state index >= 15 is 0 Å². The van der Waals surface area contributed by atoms with Crippen LogP contribution in [0.4, 0.5) is 0 Å². The number of likely N-dealkylation sites (tertiary alicyclic amines) is 1. The molecule has 1 heterocycles. The van der Waals surface area contributed by atoms with Crippen LogP contribution in [0.3, 0.4) is 0 Å². The van der Waals surface area contributed by atoms with Gasteiger partial charge in [0.15, 0.2) is 5.96 Å². The first-order valence-electron chi connectivity index (χ1n) is 10.1. The Bertz CT molecular complexity index is 618. The lowest BCUT2D eigenvalue weighted by molar-refractivity contribution is -0.119. The van der Waals surface area contributed by atoms with Crippen LogP contribution in [0.5, 0.6) is 0 Å². The summed E-state index contributed by atoms with van der Waals surface area (Å²) in [4.78, 5) is 18.9. The quantitative estimate of drug-likeness (QED) is 0.370. The normalized spacial score (nSPS) is 22.7. The van der Waals surface area contributed by atoms with E-state index < -0.39 is 0 Å². The zero-order chi connectivity index (χ0) is 18.4. The highest BCUT2D eigenvalue weighted by atomic mass is 127. The molecule has 2 N–H and O–H groups in total. The lowest BCUT2D eigenvalue weighted by atomic mass is 9.79. The second-order valence-corrected chi connectivity index (χ2v) is 7.43. The van der Waals surface area contributed by atoms with Crippen LogP contribution in [0.15, 0.2) is 35.3 Å². The fourth-order valence-corrected chi connectivity index (χ4v) is 3.85. The molecule has 2 unspecified atom stereocenters. The molecule has 150 valence electrons. The molecule has 2 atom stereocenters. The van der Waals surface area contributed by atoms with E-state index in [1.165, 1.54) is 5.56 Å². The van der Waals surface area contributed by atoms with Crippen molar-refractivity contribution in [3.05, 3.63) is 35.9 Å². The standard InChI is InChI=1S/C21H32N4O.HI/c1-3-16-15-25(13-12-19(16)17-8-6-5-7-9-17)21(22-4-2)23-14-20(26)24-18-10-11-18;/h5-9,16,18-19H,3-4,10-15H2,1-2H3,(H,22,23)(H,24,26);1H. The Labute approximate surface area is 180 Å². The Morgan fingerprint density at radius 2 is 1.93 bits per heavy atom. The van der Waals surface area contributed by atoms with Gasteiger partial charge in [0.05, 0.1) is 0 Å². The predicted octanol–water partition coefficient (Wildman–Crippen LogP) is 3.36. The third-order valence-corrected chi connectivity index (χ3v) is 5.44. The van der Waals surface area contributed by atoms with Gasteiger partial charge >= 0.3 is 0 Å². The maximum atomic E-state index is 12.0. The van der Waals surface area contributed by atoms with Gasteiger partial charge in [-0.3, -0.25) is 4.79 Å². The minimum absolute atomic E-state index is 0. The van der Waals surface area contributed by atoms with Gasteiger partial charge in [-0.15, -0.1) is 24.0 Å². The van der Waals surface area contributed by atoms with Crippen LogP contribution in [-0.2, 0) is 4.79 Å². The molecule has 1 aromatic carbocycles. The van der Waals surface area contributed by atoms with Gasteiger partial charge in [0.25, 0.3) is 0 Å². The molecular formula is C21H33IN4O. The number of piperidine rings is 1. The third-order valence-electron chi connectivity index (χ3n) is 5.44. The molecule has 1 saturated carbocycles.